The highest BCUT2D eigenvalue weighted by Crippen LogP contribution is 2.27. The summed E-state index contributed by atoms with van der Waals surface area (Å²) in [6, 6.07) is 11.5. The minimum Gasteiger partial charge on any atom is -0.495 e. The molecule has 0 atom stereocenters. The van der Waals surface area contributed by atoms with Gasteiger partial charge in [-0.3, -0.25) is 4.79 Å². The molecule has 1 aliphatic heterocycles. The highest BCUT2D eigenvalue weighted by atomic mass is 32.2. The molecule has 0 aliphatic carbocycles. The molecule has 0 aromatic heterocycles. The van der Waals surface area contributed by atoms with E-state index in [-0.39, 0.29) is 22.1 Å². The van der Waals surface area contributed by atoms with Crippen LogP contribution in [0.25, 0.3) is 0 Å². The summed E-state index contributed by atoms with van der Waals surface area (Å²) in [4.78, 5) is 26.4. The number of esters is 1. The van der Waals surface area contributed by atoms with Gasteiger partial charge in [0.25, 0.3) is 5.91 Å². The van der Waals surface area contributed by atoms with Gasteiger partial charge >= 0.3 is 5.97 Å². The topological polar surface area (TPSA) is 102 Å². The second-order valence-corrected chi connectivity index (χ2v) is 8.28. The van der Waals surface area contributed by atoms with Crippen molar-refractivity contribution in [2.24, 2.45) is 0 Å². The molecular weight excluding hydrogens is 396 g/mol. The predicted octanol–water partition coefficient (Wildman–Crippen LogP) is 1.74. The first kappa shape index (κ1) is 20.8. The Labute approximate surface area is 169 Å². The van der Waals surface area contributed by atoms with Crippen molar-refractivity contribution in [1.82, 2.24) is 4.72 Å². The fourth-order valence-corrected chi connectivity index (χ4v) is 4.12. The monoisotopic (exact) mass is 418 g/mol. The van der Waals surface area contributed by atoms with E-state index in [9.17, 15) is 18.0 Å². The average molecular weight is 418 g/mol. The highest BCUT2D eigenvalue weighted by Gasteiger charge is 2.24. The van der Waals surface area contributed by atoms with Crippen molar-refractivity contribution in [2.75, 3.05) is 32.2 Å². The molecule has 29 heavy (non-hydrogen) atoms. The number of fused-ring (bicyclic) bond motifs is 1. The number of hydrogen-bond donors (Lipinski definition) is 1. The molecule has 0 radical (unpaired) electrons. The van der Waals surface area contributed by atoms with Gasteiger partial charge in [0, 0.05) is 12.2 Å². The molecular formula is C20H22N2O6S. The largest absolute Gasteiger partial charge is 0.495 e. The summed E-state index contributed by atoms with van der Waals surface area (Å²) in [7, 11) is -1.25. The zero-order valence-electron chi connectivity index (χ0n) is 16.2. The Hall–Kier alpha value is -2.91. The summed E-state index contributed by atoms with van der Waals surface area (Å²) in [6.07, 6.45) is 1.73. The third-order valence-corrected chi connectivity index (χ3v) is 6.13. The van der Waals surface area contributed by atoms with Crippen LogP contribution in [0.5, 0.6) is 5.75 Å². The summed E-state index contributed by atoms with van der Waals surface area (Å²) in [6.45, 7) is 0.119. The van der Waals surface area contributed by atoms with Crippen LogP contribution in [-0.2, 0) is 26.0 Å². The number of carbonyl (C=O) groups excluding carboxylic acids is 2. The summed E-state index contributed by atoms with van der Waals surface area (Å²) in [5.74, 6) is -1.03. The Morgan fingerprint density at radius 3 is 2.66 bits per heavy atom. The molecule has 0 saturated heterocycles. The number of hydrogen-bond acceptors (Lipinski definition) is 6. The van der Waals surface area contributed by atoms with Crippen LogP contribution in [-0.4, -0.2) is 47.6 Å². The Morgan fingerprint density at radius 1 is 1.17 bits per heavy atom. The van der Waals surface area contributed by atoms with Gasteiger partial charge in [-0.1, -0.05) is 18.2 Å². The van der Waals surface area contributed by atoms with Crippen LogP contribution in [0, 0.1) is 0 Å². The summed E-state index contributed by atoms with van der Waals surface area (Å²) < 4.78 is 36.7. The molecule has 0 saturated carbocycles. The second-order valence-electron chi connectivity index (χ2n) is 6.43. The van der Waals surface area contributed by atoms with Gasteiger partial charge < -0.3 is 14.4 Å². The number of nitrogens with zero attached hydrogens (tertiary/aromatic N) is 1. The van der Waals surface area contributed by atoms with E-state index in [2.05, 4.69) is 4.72 Å². The van der Waals surface area contributed by atoms with Crippen LogP contribution in [0.4, 0.5) is 5.69 Å². The molecule has 0 bridgehead atoms. The number of ether oxygens (including phenoxy) is 2. The van der Waals surface area contributed by atoms with Crippen LogP contribution < -0.4 is 14.4 Å². The average Bonchev–Trinajstić information content (AvgIpc) is 2.76. The van der Waals surface area contributed by atoms with Crippen molar-refractivity contribution in [1.29, 1.82) is 0 Å². The van der Waals surface area contributed by atoms with Gasteiger partial charge in [0.15, 0.2) is 6.61 Å². The molecule has 9 heteroatoms. The second kappa shape index (κ2) is 8.62. The number of aryl methyl sites for hydroxylation is 1. The Kier molecular flexibility index (Phi) is 6.19. The van der Waals surface area contributed by atoms with E-state index < -0.39 is 22.6 Å². The van der Waals surface area contributed by atoms with Crippen molar-refractivity contribution >= 4 is 27.6 Å². The molecule has 2 aromatic carbocycles. The standard InChI is InChI=1S/C20H22N2O6S/c1-21-29(25,26)18-12-15(9-10-17(18)27-2)20(24)28-13-19(23)22-11-5-7-14-6-3-4-8-16(14)22/h3-4,6,8-10,12,21H,5,7,11,13H2,1-2H3. The number of sulfonamides is 1. The molecule has 1 heterocycles. The van der Waals surface area contributed by atoms with Crippen LogP contribution >= 0.6 is 0 Å². The van der Waals surface area contributed by atoms with Crippen LogP contribution in [0.1, 0.15) is 22.3 Å². The number of anilines is 1. The van der Waals surface area contributed by atoms with Crippen LogP contribution in [0.2, 0.25) is 0 Å². The van der Waals surface area contributed by atoms with Gasteiger partial charge in [-0.05, 0) is 49.7 Å². The number of carbonyl (C=O) groups is 2. The Bertz CT molecular complexity index is 1040. The quantitative estimate of drug-likeness (QED) is 0.717. The lowest BCUT2D eigenvalue weighted by Crippen LogP contribution is -2.38. The number of amides is 1. The minimum absolute atomic E-state index is 0.00599. The first-order valence-corrected chi connectivity index (χ1v) is 10.5. The van der Waals surface area contributed by atoms with Crippen molar-refractivity contribution in [3.05, 3.63) is 53.6 Å². The maximum atomic E-state index is 12.6. The highest BCUT2D eigenvalue weighted by molar-refractivity contribution is 7.89. The number of benzene rings is 2. The number of methoxy groups -OCH3 is 1. The van der Waals surface area contributed by atoms with Gasteiger partial charge in [-0.15, -0.1) is 0 Å². The predicted molar refractivity (Wildman–Crippen MR) is 107 cm³/mol. The summed E-state index contributed by atoms with van der Waals surface area (Å²) >= 11 is 0. The molecule has 0 fully saturated rings. The first-order chi connectivity index (χ1) is 13.9. The maximum Gasteiger partial charge on any atom is 0.338 e. The number of rotatable bonds is 6. The SMILES string of the molecule is CNS(=O)(=O)c1cc(C(=O)OCC(=O)N2CCCc3ccccc32)ccc1OC. The smallest absolute Gasteiger partial charge is 0.338 e. The zero-order valence-corrected chi connectivity index (χ0v) is 17.0. The van der Waals surface area contributed by atoms with E-state index >= 15 is 0 Å². The Morgan fingerprint density at radius 2 is 1.93 bits per heavy atom. The van der Waals surface area contributed by atoms with Gasteiger partial charge in [-0.25, -0.2) is 17.9 Å². The van der Waals surface area contributed by atoms with Crippen molar-refractivity contribution in [2.45, 2.75) is 17.7 Å². The van der Waals surface area contributed by atoms with E-state index in [0.717, 1.165) is 30.2 Å². The Balaban J connectivity index is 1.73. The molecule has 154 valence electrons. The fourth-order valence-electron chi connectivity index (χ4n) is 3.20. The third-order valence-electron chi connectivity index (χ3n) is 4.70. The fraction of sp³-hybridized carbons (Fsp3) is 0.300. The molecule has 0 unspecified atom stereocenters. The molecule has 1 aliphatic rings. The van der Waals surface area contributed by atoms with Gasteiger partial charge in [0.2, 0.25) is 10.0 Å². The van der Waals surface area contributed by atoms with Crippen LogP contribution in [0.15, 0.2) is 47.4 Å². The molecule has 8 nitrogen and oxygen atoms in total. The molecule has 2 aromatic rings. The molecule has 1 N–H and O–H groups in total. The van der Waals surface area contributed by atoms with E-state index in [4.69, 9.17) is 9.47 Å². The zero-order chi connectivity index (χ0) is 21.0. The molecule has 1 amide bonds. The first-order valence-electron chi connectivity index (χ1n) is 9.04. The normalized spacial score (nSPS) is 13.5. The third kappa shape index (κ3) is 4.41. The van der Waals surface area contributed by atoms with E-state index in [1.165, 1.54) is 26.3 Å². The molecule has 3 rings (SSSR count). The van der Waals surface area contributed by atoms with Gasteiger partial charge in [0.05, 0.1) is 12.7 Å². The van der Waals surface area contributed by atoms with Crippen molar-refractivity contribution < 1.29 is 27.5 Å². The number of para-hydroxylation sites is 1. The lowest BCUT2D eigenvalue weighted by Gasteiger charge is -2.29. The summed E-state index contributed by atoms with van der Waals surface area (Å²) in [5.41, 5.74) is 1.91. The maximum absolute atomic E-state index is 12.6. The molecule has 0 spiro atoms. The lowest BCUT2D eigenvalue weighted by atomic mass is 10.0. The van der Waals surface area contributed by atoms with E-state index in [1.54, 1.807) is 4.90 Å². The van der Waals surface area contributed by atoms with Crippen LogP contribution in [0.3, 0.4) is 0 Å². The van der Waals surface area contributed by atoms with Crippen molar-refractivity contribution in [3.8, 4) is 5.75 Å². The van der Waals surface area contributed by atoms with Crippen molar-refractivity contribution in [3.63, 3.8) is 0 Å². The minimum atomic E-state index is -3.84. The van der Waals surface area contributed by atoms with E-state index in [1.807, 2.05) is 24.3 Å². The van der Waals surface area contributed by atoms with Gasteiger partial charge in [-0.2, -0.15) is 0 Å². The summed E-state index contributed by atoms with van der Waals surface area (Å²) in [5, 5.41) is 0. The lowest BCUT2D eigenvalue weighted by molar-refractivity contribution is -0.121. The van der Waals surface area contributed by atoms with E-state index in [0.29, 0.717) is 6.54 Å². The number of nitrogens with one attached hydrogen (secondary N) is 1. The van der Waals surface area contributed by atoms with Gasteiger partial charge in [0.1, 0.15) is 10.6 Å².